The van der Waals surface area contributed by atoms with Gasteiger partial charge in [-0.2, -0.15) is 13.2 Å². The molecule has 1 aromatic carbocycles. The van der Waals surface area contributed by atoms with E-state index in [1.54, 1.807) is 0 Å². The molecule has 0 saturated carbocycles. The van der Waals surface area contributed by atoms with Crippen LogP contribution >= 0.6 is 0 Å². The predicted octanol–water partition coefficient (Wildman–Crippen LogP) is 2.56. The third kappa shape index (κ3) is 2.88. The number of para-hydroxylation sites is 1. The van der Waals surface area contributed by atoms with E-state index in [4.69, 9.17) is 9.84 Å². The lowest BCUT2D eigenvalue weighted by Crippen LogP contribution is -2.24. The van der Waals surface area contributed by atoms with Crippen molar-refractivity contribution in [3.63, 3.8) is 0 Å². The summed E-state index contributed by atoms with van der Waals surface area (Å²) in [4.78, 5) is 10.5. The molecule has 0 spiro atoms. The van der Waals surface area contributed by atoms with Crippen LogP contribution in [-0.4, -0.2) is 17.2 Å². The molecule has 1 atom stereocenters. The lowest BCUT2D eigenvalue weighted by atomic mass is 10.2. The van der Waals surface area contributed by atoms with Crippen molar-refractivity contribution in [1.82, 2.24) is 0 Å². The maximum atomic E-state index is 12.5. The zero-order valence-corrected chi connectivity index (χ0v) is 8.28. The Balaban J connectivity index is 3.01. The predicted molar refractivity (Wildman–Crippen MR) is 49.2 cm³/mol. The fourth-order valence-electron chi connectivity index (χ4n) is 1.04. The van der Waals surface area contributed by atoms with Crippen LogP contribution in [0.2, 0.25) is 0 Å². The molecule has 0 heterocycles. The number of carboxylic acids is 1. The van der Waals surface area contributed by atoms with E-state index in [0.29, 0.717) is 0 Å². The normalized spacial score (nSPS) is 13.2. The first-order chi connectivity index (χ1) is 7.32. The highest BCUT2D eigenvalue weighted by Crippen LogP contribution is 2.36. The summed E-state index contributed by atoms with van der Waals surface area (Å²) >= 11 is 0. The number of halogens is 3. The first-order valence-electron chi connectivity index (χ1n) is 4.38. The van der Waals surface area contributed by atoms with E-state index >= 15 is 0 Å². The van der Waals surface area contributed by atoms with Crippen molar-refractivity contribution in [3.8, 4) is 5.75 Å². The average molecular weight is 234 g/mol. The molecule has 6 heteroatoms. The van der Waals surface area contributed by atoms with Crippen LogP contribution in [0.15, 0.2) is 24.3 Å². The third-order valence-corrected chi connectivity index (χ3v) is 1.84. The number of hydrogen-bond acceptors (Lipinski definition) is 2. The smallest absolute Gasteiger partial charge is 0.419 e. The lowest BCUT2D eigenvalue weighted by molar-refractivity contribution is -0.147. The molecule has 0 aliphatic carbocycles. The van der Waals surface area contributed by atoms with Crippen molar-refractivity contribution < 1.29 is 27.8 Å². The molecule has 0 unspecified atom stereocenters. The number of rotatable bonds is 3. The Kier molecular flexibility index (Phi) is 3.41. The van der Waals surface area contributed by atoms with Gasteiger partial charge >= 0.3 is 12.1 Å². The molecule has 0 fully saturated rings. The highest BCUT2D eigenvalue weighted by atomic mass is 19.4. The minimum Gasteiger partial charge on any atom is -0.479 e. The van der Waals surface area contributed by atoms with Gasteiger partial charge < -0.3 is 9.84 Å². The zero-order valence-electron chi connectivity index (χ0n) is 8.28. The van der Waals surface area contributed by atoms with Crippen molar-refractivity contribution in [3.05, 3.63) is 29.8 Å². The van der Waals surface area contributed by atoms with Crippen molar-refractivity contribution in [2.75, 3.05) is 0 Å². The lowest BCUT2D eigenvalue weighted by Gasteiger charge is -2.15. The number of hydrogen-bond donors (Lipinski definition) is 1. The van der Waals surface area contributed by atoms with Crippen LogP contribution in [0.4, 0.5) is 13.2 Å². The summed E-state index contributed by atoms with van der Waals surface area (Å²) in [6.45, 7) is 1.16. The van der Waals surface area contributed by atoms with E-state index < -0.39 is 29.6 Å². The number of ether oxygens (including phenoxy) is 1. The molecule has 1 N–H and O–H groups in total. The van der Waals surface area contributed by atoms with Crippen molar-refractivity contribution in [2.24, 2.45) is 0 Å². The van der Waals surface area contributed by atoms with E-state index in [2.05, 4.69) is 0 Å². The number of alkyl halides is 3. The van der Waals surface area contributed by atoms with E-state index in [-0.39, 0.29) is 0 Å². The molecular weight excluding hydrogens is 225 g/mol. The van der Waals surface area contributed by atoms with Crippen molar-refractivity contribution in [1.29, 1.82) is 0 Å². The first kappa shape index (κ1) is 12.4. The van der Waals surface area contributed by atoms with Gasteiger partial charge in [0.05, 0.1) is 5.56 Å². The highest BCUT2D eigenvalue weighted by Gasteiger charge is 2.34. The summed E-state index contributed by atoms with van der Waals surface area (Å²) in [5, 5.41) is 8.53. The average Bonchev–Trinajstić information content (AvgIpc) is 2.16. The molecule has 0 aliphatic rings. The molecule has 1 aromatic rings. The van der Waals surface area contributed by atoms with Gasteiger partial charge in [-0.3, -0.25) is 0 Å². The van der Waals surface area contributed by atoms with E-state index in [0.717, 1.165) is 19.1 Å². The zero-order chi connectivity index (χ0) is 12.3. The third-order valence-electron chi connectivity index (χ3n) is 1.84. The maximum absolute atomic E-state index is 12.5. The Hall–Kier alpha value is -1.72. The van der Waals surface area contributed by atoms with Crippen LogP contribution in [0, 0.1) is 0 Å². The summed E-state index contributed by atoms with van der Waals surface area (Å²) in [6, 6.07) is 4.48. The van der Waals surface area contributed by atoms with Gasteiger partial charge in [0.1, 0.15) is 5.75 Å². The topological polar surface area (TPSA) is 46.5 Å². The summed E-state index contributed by atoms with van der Waals surface area (Å²) in [6.07, 6.45) is -5.89. The molecule has 0 aromatic heterocycles. The monoisotopic (exact) mass is 234 g/mol. The molecule has 0 bridgehead atoms. The Morgan fingerprint density at radius 2 is 1.94 bits per heavy atom. The molecule has 0 saturated heterocycles. The van der Waals surface area contributed by atoms with Gasteiger partial charge in [-0.05, 0) is 19.1 Å². The van der Waals surface area contributed by atoms with Crippen LogP contribution in [0.3, 0.4) is 0 Å². The van der Waals surface area contributed by atoms with E-state index in [1.165, 1.54) is 12.1 Å². The molecule has 1 rings (SSSR count). The Morgan fingerprint density at radius 1 is 1.38 bits per heavy atom. The second-order valence-electron chi connectivity index (χ2n) is 3.09. The molecule has 0 radical (unpaired) electrons. The van der Waals surface area contributed by atoms with Gasteiger partial charge in [0.15, 0.2) is 6.10 Å². The molecule has 3 nitrogen and oxygen atoms in total. The quantitative estimate of drug-likeness (QED) is 0.874. The van der Waals surface area contributed by atoms with Crippen molar-refractivity contribution >= 4 is 5.97 Å². The SMILES string of the molecule is C[C@@H](Oc1ccccc1C(F)(F)F)C(=O)O. The maximum Gasteiger partial charge on any atom is 0.419 e. The van der Waals surface area contributed by atoms with Crippen molar-refractivity contribution in [2.45, 2.75) is 19.2 Å². The van der Waals surface area contributed by atoms with Gasteiger partial charge in [-0.25, -0.2) is 4.79 Å². The van der Waals surface area contributed by atoms with Crippen LogP contribution in [0.1, 0.15) is 12.5 Å². The number of aliphatic carboxylic acids is 1. The first-order valence-corrected chi connectivity index (χ1v) is 4.38. The standard InChI is InChI=1S/C10H9F3O3/c1-6(9(14)15)16-8-5-3-2-4-7(8)10(11,12)13/h2-6H,1H3,(H,14,15)/t6-/m1/s1. The van der Waals surface area contributed by atoms with Gasteiger partial charge in [0.25, 0.3) is 0 Å². The molecule has 88 valence electrons. The number of benzene rings is 1. The molecule has 16 heavy (non-hydrogen) atoms. The van der Waals surface area contributed by atoms with Gasteiger partial charge in [-0.15, -0.1) is 0 Å². The Bertz CT molecular complexity index is 387. The molecular formula is C10H9F3O3. The fourth-order valence-corrected chi connectivity index (χ4v) is 1.04. The number of carboxylic acid groups (broad SMARTS) is 1. The van der Waals surface area contributed by atoms with Crippen LogP contribution in [0.5, 0.6) is 5.75 Å². The minimum absolute atomic E-state index is 0.482. The largest absolute Gasteiger partial charge is 0.479 e. The number of carbonyl (C=O) groups is 1. The Morgan fingerprint density at radius 3 is 2.44 bits per heavy atom. The summed E-state index contributed by atoms with van der Waals surface area (Å²) < 4.78 is 42.1. The minimum atomic E-state index is -4.56. The second kappa shape index (κ2) is 4.42. The Labute approximate surface area is 89.5 Å². The molecule has 0 amide bonds. The van der Waals surface area contributed by atoms with Crippen LogP contribution in [-0.2, 0) is 11.0 Å². The van der Waals surface area contributed by atoms with Gasteiger partial charge in [-0.1, -0.05) is 12.1 Å². The van der Waals surface area contributed by atoms with Gasteiger partial charge in [0.2, 0.25) is 0 Å². The fraction of sp³-hybridized carbons (Fsp3) is 0.300. The van der Waals surface area contributed by atoms with Crippen LogP contribution < -0.4 is 4.74 Å². The van der Waals surface area contributed by atoms with E-state index in [1.807, 2.05) is 0 Å². The van der Waals surface area contributed by atoms with Gasteiger partial charge in [0, 0.05) is 0 Å². The summed E-state index contributed by atoms with van der Waals surface area (Å²) in [7, 11) is 0. The van der Waals surface area contributed by atoms with E-state index in [9.17, 15) is 18.0 Å². The second-order valence-corrected chi connectivity index (χ2v) is 3.09. The highest BCUT2D eigenvalue weighted by molar-refractivity contribution is 5.72. The summed E-state index contributed by atoms with van der Waals surface area (Å²) in [5.74, 6) is -1.80. The molecule has 0 aliphatic heterocycles. The van der Waals surface area contributed by atoms with Crippen LogP contribution in [0.25, 0.3) is 0 Å². The summed E-state index contributed by atoms with van der Waals surface area (Å²) in [5.41, 5.74) is -0.983.